The van der Waals surface area contributed by atoms with Gasteiger partial charge in [0.2, 0.25) is 5.16 Å². The van der Waals surface area contributed by atoms with Crippen LogP contribution >= 0.6 is 23.4 Å². The van der Waals surface area contributed by atoms with Crippen molar-refractivity contribution in [1.82, 2.24) is 14.8 Å². The number of ether oxygens (including phenoxy) is 1. The van der Waals surface area contributed by atoms with Crippen LogP contribution in [0.4, 0.5) is 0 Å². The molecule has 0 N–H and O–H groups in total. The number of benzene rings is 1. The predicted molar refractivity (Wildman–Crippen MR) is 113 cm³/mol. The Morgan fingerprint density at radius 1 is 1.28 bits per heavy atom. The van der Waals surface area contributed by atoms with Crippen molar-refractivity contribution in [2.24, 2.45) is 0 Å². The zero-order valence-corrected chi connectivity index (χ0v) is 18.8. The number of aromatic nitrogens is 3. The molecule has 1 aliphatic rings. The van der Waals surface area contributed by atoms with Crippen molar-refractivity contribution in [1.29, 1.82) is 0 Å². The second kappa shape index (κ2) is 8.67. The second-order valence-corrected chi connectivity index (χ2v) is 9.11. The van der Waals surface area contributed by atoms with Crippen LogP contribution in [0.1, 0.15) is 40.2 Å². The highest BCUT2D eigenvalue weighted by molar-refractivity contribution is 7.98. The Labute approximate surface area is 180 Å². The molecule has 156 valence electrons. The number of esters is 1. The van der Waals surface area contributed by atoms with E-state index in [1.165, 1.54) is 22.8 Å². The molecule has 3 rings (SSSR count). The van der Waals surface area contributed by atoms with Crippen LogP contribution in [0.3, 0.4) is 0 Å². The Balaban J connectivity index is 1.61. The van der Waals surface area contributed by atoms with Gasteiger partial charge in [0.25, 0.3) is 0 Å². The van der Waals surface area contributed by atoms with E-state index in [1.54, 1.807) is 6.92 Å². The zero-order chi connectivity index (χ0) is 21.2. The zero-order valence-electron chi connectivity index (χ0n) is 17.3. The van der Waals surface area contributed by atoms with E-state index < -0.39 is 18.3 Å². The number of rotatable bonds is 7. The second-order valence-electron chi connectivity index (χ2n) is 7.76. The summed E-state index contributed by atoms with van der Waals surface area (Å²) in [5.41, 5.74) is 1.05. The van der Waals surface area contributed by atoms with Gasteiger partial charge < -0.3 is 14.0 Å². The number of nitrogens with zero attached hydrogens (tertiary/aromatic N) is 3. The van der Waals surface area contributed by atoms with Crippen molar-refractivity contribution < 1.29 is 18.8 Å². The molecule has 2 aromatic rings. The molecule has 7 nitrogen and oxygen atoms in total. The highest BCUT2D eigenvalue weighted by Crippen LogP contribution is 2.36. The molecule has 0 radical (unpaired) electrons. The summed E-state index contributed by atoms with van der Waals surface area (Å²) in [6, 6.07) is 5.81. The molecule has 0 amide bonds. The van der Waals surface area contributed by atoms with Crippen molar-refractivity contribution in [2.45, 2.75) is 63.3 Å². The minimum Gasteiger partial charge on any atom is -0.465 e. The molecule has 1 aromatic carbocycles. The van der Waals surface area contributed by atoms with Crippen LogP contribution in [0.25, 0.3) is 0 Å². The Morgan fingerprint density at radius 2 is 1.97 bits per heavy atom. The monoisotopic (exact) mass is 437 g/mol. The van der Waals surface area contributed by atoms with Gasteiger partial charge in [-0.3, -0.25) is 4.79 Å². The first kappa shape index (κ1) is 22.1. The van der Waals surface area contributed by atoms with Gasteiger partial charge in [-0.05, 0) is 51.7 Å². The summed E-state index contributed by atoms with van der Waals surface area (Å²) >= 11 is 7.94. The molecule has 10 heteroatoms. The average molecular weight is 438 g/mol. The smallest absolute Gasteiger partial charge is 0.465 e. The molecule has 0 spiro atoms. The lowest BCUT2D eigenvalue weighted by Crippen LogP contribution is -2.41. The molecule has 1 fully saturated rings. The van der Waals surface area contributed by atoms with Crippen molar-refractivity contribution in [3.63, 3.8) is 0 Å². The number of carbonyl (C=O) groups excluding carboxylic acids is 1. The predicted octanol–water partition coefficient (Wildman–Crippen LogP) is 3.09. The molecule has 29 heavy (non-hydrogen) atoms. The average Bonchev–Trinajstić information content (AvgIpc) is 3.15. The van der Waals surface area contributed by atoms with Crippen molar-refractivity contribution in [3.05, 3.63) is 35.1 Å². The molecule has 0 atom stereocenters. The normalized spacial score (nSPS) is 17.5. The maximum atomic E-state index is 11.5. The summed E-state index contributed by atoms with van der Waals surface area (Å²) in [5.74, 6) is 0.265. The fourth-order valence-corrected chi connectivity index (χ4v) is 3.86. The number of carbonyl (C=O) groups is 1. The molecule has 1 saturated heterocycles. The third-order valence-electron chi connectivity index (χ3n) is 5.07. The van der Waals surface area contributed by atoms with Crippen LogP contribution in [-0.4, -0.2) is 45.7 Å². The van der Waals surface area contributed by atoms with Gasteiger partial charge in [0.1, 0.15) is 12.9 Å². The van der Waals surface area contributed by atoms with Crippen LogP contribution in [0.15, 0.2) is 29.7 Å². The molecule has 0 bridgehead atoms. The molecule has 2 heterocycles. The van der Waals surface area contributed by atoms with Gasteiger partial charge >= 0.3 is 13.1 Å². The van der Waals surface area contributed by atoms with E-state index in [0.717, 1.165) is 11.0 Å². The first-order valence-corrected chi connectivity index (χ1v) is 10.8. The van der Waals surface area contributed by atoms with Crippen LogP contribution in [0.5, 0.6) is 0 Å². The molecular weight excluding hydrogens is 413 g/mol. The third-order valence-corrected chi connectivity index (χ3v) is 6.32. The lowest BCUT2D eigenvalue weighted by atomic mass is 9.79. The standard InChI is InChI=1S/C19H25BClN3O4S/c1-6-26-16(25)10-24-12-22-17(23-24)29-11-13-7-8-14(9-15(13)21)20-27-18(2,3)19(4,5)28-20/h7-9,12H,6,10-11H2,1-5H3. The van der Waals surface area contributed by atoms with Gasteiger partial charge in [0, 0.05) is 10.8 Å². The van der Waals surface area contributed by atoms with Gasteiger partial charge in [0.05, 0.1) is 17.8 Å². The number of hydrogen-bond acceptors (Lipinski definition) is 7. The Bertz CT molecular complexity index is 874. The topological polar surface area (TPSA) is 75.5 Å². The fourth-order valence-electron chi connectivity index (χ4n) is 2.71. The Hall–Kier alpha value is -1.55. The van der Waals surface area contributed by atoms with Crippen LogP contribution < -0.4 is 5.46 Å². The SMILES string of the molecule is CCOC(=O)Cn1cnc(SCc2ccc(B3OC(C)(C)C(C)(C)O3)cc2Cl)n1. The van der Waals surface area contributed by atoms with Crippen LogP contribution in [0, 0.1) is 0 Å². The van der Waals surface area contributed by atoms with Crippen molar-refractivity contribution in [3.8, 4) is 0 Å². The minimum absolute atomic E-state index is 0.0466. The van der Waals surface area contributed by atoms with E-state index in [0.29, 0.717) is 22.5 Å². The van der Waals surface area contributed by atoms with Crippen molar-refractivity contribution in [2.75, 3.05) is 6.61 Å². The van der Waals surface area contributed by atoms with Crippen LogP contribution in [-0.2, 0) is 31.1 Å². The van der Waals surface area contributed by atoms with Gasteiger partial charge in [0.15, 0.2) is 0 Å². The Kier molecular flexibility index (Phi) is 6.62. The maximum absolute atomic E-state index is 11.5. The molecule has 0 saturated carbocycles. The molecular formula is C19H25BClN3O4S. The highest BCUT2D eigenvalue weighted by Gasteiger charge is 2.51. The summed E-state index contributed by atoms with van der Waals surface area (Å²) < 4.78 is 18.5. The number of thioether (sulfide) groups is 1. The van der Waals surface area contributed by atoms with E-state index in [9.17, 15) is 4.79 Å². The van der Waals surface area contributed by atoms with Gasteiger partial charge in [-0.25, -0.2) is 9.67 Å². The molecule has 0 aliphatic carbocycles. The van der Waals surface area contributed by atoms with E-state index in [-0.39, 0.29) is 12.5 Å². The summed E-state index contributed by atoms with van der Waals surface area (Å²) in [7, 11) is -0.445. The van der Waals surface area contributed by atoms with Crippen LogP contribution in [0.2, 0.25) is 5.02 Å². The summed E-state index contributed by atoms with van der Waals surface area (Å²) in [6.45, 7) is 10.2. The number of halogens is 1. The lowest BCUT2D eigenvalue weighted by molar-refractivity contribution is -0.144. The number of hydrogen-bond donors (Lipinski definition) is 0. The van der Waals surface area contributed by atoms with E-state index in [2.05, 4.69) is 10.1 Å². The molecule has 0 unspecified atom stereocenters. The minimum atomic E-state index is -0.445. The highest BCUT2D eigenvalue weighted by atomic mass is 35.5. The first-order valence-electron chi connectivity index (χ1n) is 9.43. The molecule has 1 aliphatic heterocycles. The van der Waals surface area contributed by atoms with Gasteiger partial charge in [-0.2, -0.15) is 0 Å². The van der Waals surface area contributed by atoms with E-state index >= 15 is 0 Å². The van der Waals surface area contributed by atoms with Gasteiger partial charge in [-0.15, -0.1) is 5.10 Å². The largest absolute Gasteiger partial charge is 0.494 e. The maximum Gasteiger partial charge on any atom is 0.494 e. The van der Waals surface area contributed by atoms with Gasteiger partial charge in [-0.1, -0.05) is 35.5 Å². The fraction of sp³-hybridized carbons (Fsp3) is 0.526. The van der Waals surface area contributed by atoms with E-state index in [1.807, 2.05) is 45.9 Å². The molecule has 1 aromatic heterocycles. The first-order chi connectivity index (χ1) is 13.6. The quantitative estimate of drug-likeness (QED) is 0.374. The Morgan fingerprint density at radius 3 is 2.59 bits per heavy atom. The van der Waals surface area contributed by atoms with E-state index in [4.69, 9.17) is 25.6 Å². The lowest BCUT2D eigenvalue weighted by Gasteiger charge is -2.32. The summed E-state index contributed by atoms with van der Waals surface area (Å²) in [6.07, 6.45) is 1.52. The third kappa shape index (κ3) is 5.14. The summed E-state index contributed by atoms with van der Waals surface area (Å²) in [5, 5.41) is 5.48. The van der Waals surface area contributed by atoms with Crippen molar-refractivity contribution >= 4 is 41.9 Å². The summed E-state index contributed by atoms with van der Waals surface area (Å²) in [4.78, 5) is 15.7.